The molecule has 3 N–H and O–H groups in total. The van der Waals surface area contributed by atoms with Crippen LogP contribution in [0.2, 0.25) is 0 Å². The van der Waals surface area contributed by atoms with Gasteiger partial charge in [-0.15, -0.1) is 0 Å². The number of rotatable bonds is 7. The Morgan fingerprint density at radius 2 is 1.92 bits per heavy atom. The molecule has 1 atom stereocenters. The molecule has 0 bridgehead atoms. The van der Waals surface area contributed by atoms with Crippen LogP contribution in [-0.2, 0) is 0 Å². The summed E-state index contributed by atoms with van der Waals surface area (Å²) in [5.41, 5.74) is 6.00. The second kappa shape index (κ2) is 6.44. The zero-order valence-electron chi connectivity index (χ0n) is 8.82. The van der Waals surface area contributed by atoms with Crippen molar-refractivity contribution in [2.24, 2.45) is 5.73 Å². The highest BCUT2D eigenvalue weighted by molar-refractivity contribution is 4.86. The highest BCUT2D eigenvalue weighted by atomic mass is 15.0. The summed E-state index contributed by atoms with van der Waals surface area (Å²) in [4.78, 5) is 0. The highest BCUT2D eigenvalue weighted by Crippen LogP contribution is 2.16. The van der Waals surface area contributed by atoms with Crippen molar-refractivity contribution in [2.75, 3.05) is 13.1 Å². The van der Waals surface area contributed by atoms with Gasteiger partial charge in [0, 0.05) is 12.1 Å². The van der Waals surface area contributed by atoms with Gasteiger partial charge in [0.2, 0.25) is 0 Å². The van der Waals surface area contributed by atoms with E-state index in [-0.39, 0.29) is 5.54 Å². The Morgan fingerprint density at radius 3 is 2.25 bits per heavy atom. The van der Waals surface area contributed by atoms with E-state index in [1.807, 2.05) is 0 Å². The average molecular weight is 172 g/mol. The molecule has 0 saturated carbocycles. The molecule has 0 aromatic carbocycles. The minimum absolute atomic E-state index is 0.213. The Morgan fingerprint density at radius 1 is 1.25 bits per heavy atom. The van der Waals surface area contributed by atoms with Gasteiger partial charge in [0.15, 0.2) is 0 Å². The van der Waals surface area contributed by atoms with Gasteiger partial charge in [-0.3, -0.25) is 0 Å². The van der Waals surface area contributed by atoms with E-state index < -0.39 is 0 Å². The monoisotopic (exact) mass is 172 g/mol. The van der Waals surface area contributed by atoms with Gasteiger partial charge in [-0.1, -0.05) is 33.6 Å². The zero-order chi connectivity index (χ0) is 9.45. The van der Waals surface area contributed by atoms with Crippen LogP contribution in [0.1, 0.15) is 46.5 Å². The van der Waals surface area contributed by atoms with Crippen molar-refractivity contribution in [3.8, 4) is 0 Å². The Kier molecular flexibility index (Phi) is 6.39. The van der Waals surface area contributed by atoms with Crippen LogP contribution >= 0.6 is 0 Å². The molecule has 0 rings (SSSR count). The van der Waals surface area contributed by atoms with Crippen LogP contribution in [0.3, 0.4) is 0 Å². The van der Waals surface area contributed by atoms with E-state index in [0.717, 1.165) is 19.5 Å². The molecule has 12 heavy (non-hydrogen) atoms. The first-order valence-electron chi connectivity index (χ1n) is 5.19. The standard InChI is InChI=1S/C10H24N2/c1-4-7-8-10(5-2,9-11)12-6-3/h12H,4-9,11H2,1-3H3. The number of likely N-dealkylation sites (N-methyl/N-ethyl adjacent to an activating group) is 1. The second-order valence-electron chi connectivity index (χ2n) is 3.47. The number of nitrogens with one attached hydrogen (secondary N) is 1. The van der Waals surface area contributed by atoms with E-state index in [1.165, 1.54) is 19.3 Å². The van der Waals surface area contributed by atoms with Crippen molar-refractivity contribution in [3.63, 3.8) is 0 Å². The molecule has 0 aliphatic heterocycles. The van der Waals surface area contributed by atoms with Gasteiger partial charge in [-0.05, 0) is 19.4 Å². The SMILES string of the molecule is CCCCC(CC)(CN)NCC. The van der Waals surface area contributed by atoms with Crippen LogP contribution in [0.4, 0.5) is 0 Å². The molecular formula is C10H24N2. The molecule has 0 heterocycles. The second-order valence-corrected chi connectivity index (χ2v) is 3.47. The van der Waals surface area contributed by atoms with Crippen molar-refractivity contribution in [1.82, 2.24) is 5.32 Å². The van der Waals surface area contributed by atoms with E-state index in [0.29, 0.717) is 0 Å². The fraction of sp³-hybridized carbons (Fsp3) is 1.00. The molecule has 0 aromatic heterocycles. The first-order chi connectivity index (χ1) is 5.74. The van der Waals surface area contributed by atoms with Gasteiger partial charge in [0.05, 0.1) is 0 Å². The van der Waals surface area contributed by atoms with Crippen molar-refractivity contribution in [2.45, 2.75) is 52.0 Å². The van der Waals surface area contributed by atoms with E-state index in [4.69, 9.17) is 5.73 Å². The maximum Gasteiger partial charge on any atom is 0.0301 e. The van der Waals surface area contributed by atoms with Crippen molar-refractivity contribution >= 4 is 0 Å². The van der Waals surface area contributed by atoms with Gasteiger partial charge in [0.1, 0.15) is 0 Å². The number of nitrogens with two attached hydrogens (primary N) is 1. The minimum atomic E-state index is 0.213. The van der Waals surface area contributed by atoms with Gasteiger partial charge >= 0.3 is 0 Å². The van der Waals surface area contributed by atoms with E-state index >= 15 is 0 Å². The minimum Gasteiger partial charge on any atom is -0.329 e. The average Bonchev–Trinajstić information content (AvgIpc) is 2.13. The first kappa shape index (κ1) is 11.9. The normalized spacial score (nSPS) is 16.0. The predicted octanol–water partition coefficient (Wildman–Crippen LogP) is 1.89. The third-order valence-corrected chi connectivity index (χ3v) is 2.63. The summed E-state index contributed by atoms with van der Waals surface area (Å²) < 4.78 is 0. The summed E-state index contributed by atoms with van der Waals surface area (Å²) in [6.45, 7) is 8.37. The van der Waals surface area contributed by atoms with E-state index in [9.17, 15) is 0 Å². The van der Waals surface area contributed by atoms with Crippen molar-refractivity contribution in [3.05, 3.63) is 0 Å². The quantitative estimate of drug-likeness (QED) is 0.615. The summed E-state index contributed by atoms with van der Waals surface area (Å²) in [5.74, 6) is 0. The maximum absolute atomic E-state index is 5.78. The van der Waals surface area contributed by atoms with Gasteiger partial charge in [0.25, 0.3) is 0 Å². The van der Waals surface area contributed by atoms with E-state index in [1.54, 1.807) is 0 Å². The number of unbranched alkanes of at least 4 members (excludes halogenated alkanes) is 1. The maximum atomic E-state index is 5.78. The molecular weight excluding hydrogens is 148 g/mol. The third kappa shape index (κ3) is 3.55. The summed E-state index contributed by atoms with van der Waals surface area (Å²) in [6, 6.07) is 0. The van der Waals surface area contributed by atoms with Gasteiger partial charge in [-0.2, -0.15) is 0 Å². The van der Waals surface area contributed by atoms with Crippen LogP contribution in [0.5, 0.6) is 0 Å². The summed E-state index contributed by atoms with van der Waals surface area (Å²) in [6.07, 6.45) is 4.88. The lowest BCUT2D eigenvalue weighted by molar-refractivity contribution is 0.297. The molecule has 0 aliphatic carbocycles. The van der Waals surface area contributed by atoms with Gasteiger partial charge in [-0.25, -0.2) is 0 Å². The number of hydrogen-bond acceptors (Lipinski definition) is 2. The fourth-order valence-corrected chi connectivity index (χ4v) is 1.60. The summed E-state index contributed by atoms with van der Waals surface area (Å²) >= 11 is 0. The van der Waals surface area contributed by atoms with Crippen LogP contribution in [-0.4, -0.2) is 18.6 Å². The molecule has 0 amide bonds. The molecule has 0 fully saturated rings. The van der Waals surface area contributed by atoms with Crippen molar-refractivity contribution < 1.29 is 0 Å². The predicted molar refractivity (Wildman–Crippen MR) is 55.3 cm³/mol. The molecule has 0 spiro atoms. The summed E-state index contributed by atoms with van der Waals surface area (Å²) in [5, 5.41) is 3.51. The Balaban J connectivity index is 3.95. The molecule has 0 aromatic rings. The van der Waals surface area contributed by atoms with Crippen LogP contribution in [0.25, 0.3) is 0 Å². The molecule has 74 valence electrons. The Hall–Kier alpha value is -0.0800. The van der Waals surface area contributed by atoms with Crippen molar-refractivity contribution in [1.29, 1.82) is 0 Å². The van der Waals surface area contributed by atoms with Crippen LogP contribution in [0, 0.1) is 0 Å². The first-order valence-corrected chi connectivity index (χ1v) is 5.19. The fourth-order valence-electron chi connectivity index (χ4n) is 1.60. The number of hydrogen-bond donors (Lipinski definition) is 2. The molecule has 2 heteroatoms. The largest absolute Gasteiger partial charge is 0.329 e. The smallest absolute Gasteiger partial charge is 0.0301 e. The lowest BCUT2D eigenvalue weighted by Crippen LogP contribution is -2.50. The molecule has 1 unspecified atom stereocenters. The zero-order valence-corrected chi connectivity index (χ0v) is 8.82. The van der Waals surface area contributed by atoms with Gasteiger partial charge < -0.3 is 11.1 Å². The lowest BCUT2D eigenvalue weighted by Gasteiger charge is -2.32. The topological polar surface area (TPSA) is 38.0 Å². The Labute approximate surface area is 76.9 Å². The lowest BCUT2D eigenvalue weighted by atomic mass is 9.90. The van der Waals surface area contributed by atoms with E-state index in [2.05, 4.69) is 26.1 Å². The van der Waals surface area contributed by atoms with Crippen LogP contribution < -0.4 is 11.1 Å². The Bertz CT molecular complexity index is 98.0. The van der Waals surface area contributed by atoms with Crippen LogP contribution in [0.15, 0.2) is 0 Å². The highest BCUT2D eigenvalue weighted by Gasteiger charge is 2.23. The molecule has 0 saturated heterocycles. The third-order valence-electron chi connectivity index (χ3n) is 2.63. The molecule has 0 radical (unpaired) electrons. The molecule has 0 aliphatic rings. The molecule has 2 nitrogen and oxygen atoms in total. The summed E-state index contributed by atoms with van der Waals surface area (Å²) in [7, 11) is 0.